The zero-order valence-corrected chi connectivity index (χ0v) is 19.8. The number of carbonyl (C=O) groups is 1. The molecule has 4 fully saturated rings. The normalized spacial score (nSPS) is 37.3. The lowest BCUT2D eigenvalue weighted by atomic mass is 9.68. The first-order chi connectivity index (χ1) is 15.8. The van der Waals surface area contributed by atoms with Gasteiger partial charge >= 0.3 is 6.09 Å². The fourth-order valence-electron chi connectivity index (χ4n) is 5.55. The van der Waals surface area contributed by atoms with Crippen molar-refractivity contribution in [1.29, 1.82) is 0 Å². The highest BCUT2D eigenvalue weighted by Crippen LogP contribution is 2.59. The Morgan fingerprint density at radius 3 is 2.70 bits per heavy atom. The lowest BCUT2D eigenvalue weighted by Crippen LogP contribution is -2.60. The Hall–Kier alpha value is -2.23. The van der Waals surface area contributed by atoms with E-state index < -0.39 is 0 Å². The van der Waals surface area contributed by atoms with Gasteiger partial charge in [0.2, 0.25) is 5.95 Å². The minimum atomic E-state index is -0.338. The molecule has 1 N–H and O–H groups in total. The van der Waals surface area contributed by atoms with Crippen LogP contribution in [0, 0.1) is 5.92 Å². The number of allylic oxidation sites excluding steroid dienone is 1. The Labute approximate surface area is 194 Å². The van der Waals surface area contributed by atoms with E-state index in [4.69, 9.17) is 18.9 Å². The number of rotatable bonds is 7. The van der Waals surface area contributed by atoms with E-state index in [1.165, 1.54) is 5.57 Å². The molecule has 33 heavy (non-hydrogen) atoms. The van der Waals surface area contributed by atoms with E-state index in [9.17, 15) is 4.79 Å². The number of aromatic nitrogens is 2. The maximum absolute atomic E-state index is 12.9. The number of epoxide rings is 2. The molecule has 4 aliphatic rings. The van der Waals surface area contributed by atoms with Gasteiger partial charge in [-0.2, -0.15) is 0 Å². The van der Waals surface area contributed by atoms with E-state index in [-0.39, 0.29) is 47.6 Å². The Bertz CT molecular complexity index is 897. The summed E-state index contributed by atoms with van der Waals surface area (Å²) in [7, 11) is 1.69. The van der Waals surface area contributed by atoms with E-state index in [1.54, 1.807) is 30.5 Å². The van der Waals surface area contributed by atoms with Crippen LogP contribution in [0.1, 0.15) is 40.0 Å². The van der Waals surface area contributed by atoms with Crippen LogP contribution in [0.5, 0.6) is 0 Å². The van der Waals surface area contributed by atoms with Crippen molar-refractivity contribution in [2.45, 2.75) is 75.6 Å². The number of ether oxygens (including phenoxy) is 4. The van der Waals surface area contributed by atoms with Gasteiger partial charge in [0.1, 0.15) is 23.4 Å². The fraction of sp³-hybridized carbons (Fsp3) is 0.708. The number of anilines is 1. The monoisotopic (exact) mass is 458 g/mol. The lowest BCUT2D eigenvalue weighted by molar-refractivity contribution is -0.123. The number of carbonyl (C=O) groups excluding carboxylic acids is 1. The molecule has 9 heteroatoms. The Balaban J connectivity index is 1.20. The molecule has 1 aromatic rings. The van der Waals surface area contributed by atoms with Gasteiger partial charge in [-0.1, -0.05) is 11.6 Å². The number of nitrogens with zero attached hydrogens (tertiary/aromatic N) is 3. The van der Waals surface area contributed by atoms with Gasteiger partial charge in [0, 0.05) is 32.6 Å². The van der Waals surface area contributed by atoms with E-state index in [0.717, 1.165) is 19.3 Å². The Morgan fingerprint density at radius 2 is 2.06 bits per heavy atom. The second-order valence-corrected chi connectivity index (χ2v) is 10.1. The predicted octanol–water partition coefficient (Wildman–Crippen LogP) is 2.79. The average Bonchev–Trinajstić information content (AvgIpc) is 3.68. The van der Waals surface area contributed by atoms with Crippen molar-refractivity contribution < 1.29 is 23.7 Å². The Kier molecular flexibility index (Phi) is 5.83. The molecule has 1 aromatic heterocycles. The molecular weight excluding hydrogens is 424 g/mol. The molecule has 3 aliphatic heterocycles. The van der Waals surface area contributed by atoms with Crippen LogP contribution in [-0.2, 0) is 18.9 Å². The summed E-state index contributed by atoms with van der Waals surface area (Å²) in [5.41, 5.74) is 0.722. The van der Waals surface area contributed by atoms with Crippen molar-refractivity contribution in [3.8, 4) is 0 Å². The first-order valence-electron chi connectivity index (χ1n) is 11.8. The van der Waals surface area contributed by atoms with Crippen LogP contribution in [0.4, 0.5) is 10.7 Å². The predicted molar refractivity (Wildman–Crippen MR) is 121 cm³/mol. The summed E-state index contributed by atoms with van der Waals surface area (Å²) in [5, 5.41) is 3.23. The van der Waals surface area contributed by atoms with E-state index in [1.807, 2.05) is 0 Å². The summed E-state index contributed by atoms with van der Waals surface area (Å²) in [6.45, 7) is 8.18. The summed E-state index contributed by atoms with van der Waals surface area (Å²) in [6.07, 6.45) is 7.28. The second kappa shape index (κ2) is 8.52. The number of methoxy groups -OCH3 is 1. The van der Waals surface area contributed by atoms with Gasteiger partial charge in [-0.3, -0.25) is 0 Å². The zero-order valence-electron chi connectivity index (χ0n) is 19.8. The highest BCUT2D eigenvalue weighted by Gasteiger charge is 2.72. The van der Waals surface area contributed by atoms with Gasteiger partial charge < -0.3 is 29.2 Å². The summed E-state index contributed by atoms with van der Waals surface area (Å²) >= 11 is 0. The molecule has 0 bridgehead atoms. The summed E-state index contributed by atoms with van der Waals surface area (Å²) in [5.74, 6) is 0.596. The van der Waals surface area contributed by atoms with Gasteiger partial charge in [-0.25, -0.2) is 14.8 Å². The van der Waals surface area contributed by atoms with Crippen LogP contribution in [0.3, 0.4) is 0 Å². The highest BCUT2D eigenvalue weighted by atomic mass is 16.6. The molecule has 1 saturated carbocycles. The number of nitrogens with one attached hydrogen (secondary N) is 1. The van der Waals surface area contributed by atoms with E-state index >= 15 is 0 Å². The first kappa shape index (κ1) is 22.6. The average molecular weight is 459 g/mol. The van der Waals surface area contributed by atoms with Crippen molar-refractivity contribution in [2.24, 2.45) is 5.92 Å². The third-order valence-electron chi connectivity index (χ3n) is 7.53. The number of likely N-dealkylation sites (tertiary alicyclic amines) is 1. The Morgan fingerprint density at radius 1 is 1.33 bits per heavy atom. The zero-order chi connectivity index (χ0) is 23.2. The molecule has 6 atom stereocenters. The second-order valence-electron chi connectivity index (χ2n) is 10.1. The van der Waals surface area contributed by atoms with Gasteiger partial charge in [0.05, 0.1) is 24.7 Å². The number of amides is 1. The largest absolute Gasteiger partial charge is 0.443 e. The SMILES string of the molecule is CO[C@@H]1[C@H](OC(=O)N2CC(Nc3ncccn3)C2)CC[C@]2(CO2)[C@H]1[C@@]1(C)O[C@@H]1CC=C(C)C. The lowest BCUT2D eigenvalue weighted by Gasteiger charge is -2.44. The summed E-state index contributed by atoms with van der Waals surface area (Å²) in [6, 6.07) is 1.89. The smallest absolute Gasteiger partial charge is 0.410 e. The molecular formula is C24H34N4O5. The van der Waals surface area contributed by atoms with Gasteiger partial charge in [0.15, 0.2) is 0 Å². The quantitative estimate of drug-likeness (QED) is 0.492. The fourth-order valence-corrected chi connectivity index (χ4v) is 5.55. The van der Waals surface area contributed by atoms with Crippen molar-refractivity contribution in [3.63, 3.8) is 0 Å². The van der Waals surface area contributed by atoms with Crippen molar-refractivity contribution >= 4 is 12.0 Å². The van der Waals surface area contributed by atoms with Crippen LogP contribution < -0.4 is 5.32 Å². The highest BCUT2D eigenvalue weighted by molar-refractivity contribution is 5.69. The van der Waals surface area contributed by atoms with Crippen LogP contribution >= 0.6 is 0 Å². The molecule has 1 amide bonds. The van der Waals surface area contributed by atoms with Gasteiger partial charge in [0.25, 0.3) is 0 Å². The molecule has 1 spiro atoms. The standard InChI is InChI=1S/C24H34N4O5/c1-15(2)6-7-18-23(3,33-18)20-19(30-4)17(8-9-24(20)14-31-24)32-22(29)28-12-16(13-28)27-21-25-10-5-11-26-21/h5-6,10-11,16-20H,7-9,12-14H2,1-4H3,(H,25,26,27)/t17-,18-,19-,20-,23+,24+/m1/s1. The van der Waals surface area contributed by atoms with Crippen LogP contribution in [-0.4, -0.2) is 83.3 Å². The van der Waals surface area contributed by atoms with Crippen LogP contribution in [0.15, 0.2) is 30.1 Å². The number of hydrogen-bond acceptors (Lipinski definition) is 8. The number of hydrogen-bond donors (Lipinski definition) is 1. The molecule has 0 unspecified atom stereocenters. The minimum absolute atomic E-state index is 0.0261. The molecule has 9 nitrogen and oxygen atoms in total. The maximum Gasteiger partial charge on any atom is 0.410 e. The van der Waals surface area contributed by atoms with Gasteiger partial charge in [-0.05, 0) is 46.1 Å². The maximum atomic E-state index is 12.9. The van der Waals surface area contributed by atoms with Crippen molar-refractivity contribution in [1.82, 2.24) is 14.9 Å². The van der Waals surface area contributed by atoms with Gasteiger partial charge in [-0.15, -0.1) is 0 Å². The van der Waals surface area contributed by atoms with Crippen molar-refractivity contribution in [3.05, 3.63) is 30.1 Å². The summed E-state index contributed by atoms with van der Waals surface area (Å²) in [4.78, 5) is 22.9. The van der Waals surface area contributed by atoms with Crippen molar-refractivity contribution in [2.75, 3.05) is 32.1 Å². The molecule has 180 valence electrons. The third kappa shape index (κ3) is 4.34. The molecule has 0 radical (unpaired) electrons. The molecule has 0 aromatic carbocycles. The minimum Gasteiger partial charge on any atom is -0.443 e. The first-order valence-corrected chi connectivity index (χ1v) is 11.8. The van der Waals surface area contributed by atoms with E-state index in [2.05, 4.69) is 42.1 Å². The molecule has 4 heterocycles. The topological polar surface area (TPSA) is 102 Å². The molecule has 3 saturated heterocycles. The van der Waals surface area contributed by atoms with Crippen LogP contribution in [0.2, 0.25) is 0 Å². The molecule has 5 rings (SSSR count). The third-order valence-corrected chi connectivity index (χ3v) is 7.53. The molecule has 1 aliphatic carbocycles. The van der Waals surface area contributed by atoms with E-state index in [0.29, 0.717) is 25.6 Å². The summed E-state index contributed by atoms with van der Waals surface area (Å²) < 4.78 is 24.2. The van der Waals surface area contributed by atoms with Crippen LogP contribution in [0.25, 0.3) is 0 Å².